The number of thiocarbonyl (C=S) groups is 1. The minimum absolute atomic E-state index is 0.135. The zero-order valence-electron chi connectivity index (χ0n) is 10.2. The van der Waals surface area contributed by atoms with Crippen LogP contribution in [-0.4, -0.2) is 34.3 Å². The van der Waals surface area contributed by atoms with Gasteiger partial charge in [-0.1, -0.05) is 12.2 Å². The molecule has 1 heterocycles. The number of primary amides is 1. The highest BCUT2D eigenvalue weighted by molar-refractivity contribution is 7.80. The van der Waals surface area contributed by atoms with E-state index in [1.807, 2.05) is 0 Å². The number of rotatable bonds is 3. The van der Waals surface area contributed by atoms with Crippen molar-refractivity contribution in [2.75, 3.05) is 6.54 Å². The molecule has 17 heavy (non-hydrogen) atoms. The smallest absolute Gasteiger partial charge is 0.240 e. The van der Waals surface area contributed by atoms with Crippen molar-refractivity contribution in [3.8, 4) is 0 Å². The number of hydrogen-bond donors (Lipinski definition) is 2. The van der Waals surface area contributed by atoms with E-state index >= 15 is 0 Å². The van der Waals surface area contributed by atoms with Gasteiger partial charge in [-0.05, 0) is 33.1 Å². The van der Waals surface area contributed by atoms with Crippen LogP contribution in [0.4, 0.5) is 0 Å². The largest absolute Gasteiger partial charge is 0.392 e. The van der Waals surface area contributed by atoms with Crippen molar-refractivity contribution in [2.24, 2.45) is 16.9 Å². The van der Waals surface area contributed by atoms with Crippen LogP contribution in [-0.2, 0) is 9.59 Å². The molecule has 4 N–H and O–H groups in total. The van der Waals surface area contributed by atoms with Crippen LogP contribution in [0, 0.1) is 5.41 Å². The number of carbonyl (C=O) groups excluding carboxylic acids is 2. The zero-order valence-corrected chi connectivity index (χ0v) is 11.0. The van der Waals surface area contributed by atoms with Gasteiger partial charge in [-0.3, -0.25) is 9.59 Å². The molecular formula is C11H19N3O2S. The fourth-order valence-electron chi connectivity index (χ4n) is 1.93. The fourth-order valence-corrected chi connectivity index (χ4v) is 2.02. The van der Waals surface area contributed by atoms with E-state index < -0.39 is 17.4 Å². The maximum Gasteiger partial charge on any atom is 0.240 e. The molecule has 0 aromatic rings. The average Bonchev–Trinajstić information content (AvgIpc) is 2.27. The third-order valence-corrected chi connectivity index (χ3v) is 3.75. The number of carbonyl (C=O) groups is 2. The molecule has 1 rings (SSSR count). The minimum atomic E-state index is -0.930. The van der Waals surface area contributed by atoms with Gasteiger partial charge in [0.2, 0.25) is 11.8 Å². The molecule has 1 aliphatic rings. The SMILES string of the molecule is CC(C)(C(=O)N1CCCCC1C(N)=O)C(N)=S. The molecule has 2 amide bonds. The van der Waals surface area contributed by atoms with Crippen molar-refractivity contribution in [2.45, 2.75) is 39.2 Å². The second-order valence-electron chi connectivity index (χ2n) is 4.90. The van der Waals surface area contributed by atoms with Gasteiger partial charge in [0.25, 0.3) is 0 Å². The lowest BCUT2D eigenvalue weighted by molar-refractivity contribution is -0.145. The van der Waals surface area contributed by atoms with E-state index in [-0.39, 0.29) is 10.9 Å². The first-order chi connectivity index (χ1) is 7.78. The molecule has 0 aromatic carbocycles. The molecule has 0 bridgehead atoms. The Bertz CT molecular complexity index is 355. The maximum atomic E-state index is 12.3. The van der Waals surface area contributed by atoms with Crippen LogP contribution in [0.1, 0.15) is 33.1 Å². The number of amides is 2. The van der Waals surface area contributed by atoms with Crippen LogP contribution in [0.15, 0.2) is 0 Å². The quantitative estimate of drug-likeness (QED) is 0.705. The van der Waals surface area contributed by atoms with Gasteiger partial charge in [0.1, 0.15) is 6.04 Å². The number of piperidine rings is 1. The number of nitrogens with zero attached hydrogens (tertiary/aromatic N) is 1. The molecule has 1 unspecified atom stereocenters. The Kier molecular flexibility index (Phi) is 4.08. The summed E-state index contributed by atoms with van der Waals surface area (Å²) in [7, 11) is 0. The standard InChI is InChI=1S/C11H19N3O2S/c1-11(2,9(13)17)10(16)14-6-4-3-5-7(14)8(12)15/h7H,3-6H2,1-2H3,(H2,12,15)(H2,13,17). The molecule has 96 valence electrons. The first-order valence-electron chi connectivity index (χ1n) is 5.68. The normalized spacial score (nSPS) is 21.1. The van der Waals surface area contributed by atoms with Crippen molar-refractivity contribution in [3.63, 3.8) is 0 Å². The van der Waals surface area contributed by atoms with Gasteiger partial charge in [0.15, 0.2) is 0 Å². The van der Waals surface area contributed by atoms with Gasteiger partial charge in [0, 0.05) is 6.54 Å². The van der Waals surface area contributed by atoms with Gasteiger partial charge < -0.3 is 16.4 Å². The van der Waals surface area contributed by atoms with Crippen molar-refractivity contribution >= 4 is 29.0 Å². The molecular weight excluding hydrogens is 238 g/mol. The van der Waals surface area contributed by atoms with Gasteiger partial charge in [-0.15, -0.1) is 0 Å². The lowest BCUT2D eigenvalue weighted by Gasteiger charge is -2.38. The summed E-state index contributed by atoms with van der Waals surface area (Å²) in [4.78, 5) is 25.3. The minimum Gasteiger partial charge on any atom is -0.392 e. The lowest BCUT2D eigenvalue weighted by Crippen LogP contribution is -2.56. The van der Waals surface area contributed by atoms with Crippen LogP contribution < -0.4 is 11.5 Å². The second-order valence-corrected chi connectivity index (χ2v) is 5.34. The highest BCUT2D eigenvalue weighted by Gasteiger charge is 2.40. The van der Waals surface area contributed by atoms with Crippen molar-refractivity contribution in [1.82, 2.24) is 4.90 Å². The van der Waals surface area contributed by atoms with Crippen molar-refractivity contribution < 1.29 is 9.59 Å². The first kappa shape index (κ1) is 13.9. The summed E-state index contributed by atoms with van der Waals surface area (Å²) in [5.41, 5.74) is 9.95. The van der Waals surface area contributed by atoms with Gasteiger partial charge in [-0.2, -0.15) is 0 Å². The maximum absolute atomic E-state index is 12.3. The third-order valence-electron chi connectivity index (χ3n) is 3.24. The molecule has 0 saturated carbocycles. The summed E-state index contributed by atoms with van der Waals surface area (Å²) in [5, 5.41) is 0. The lowest BCUT2D eigenvalue weighted by atomic mass is 9.89. The summed E-state index contributed by atoms with van der Waals surface area (Å²) in [6, 6.07) is -0.523. The van der Waals surface area contributed by atoms with E-state index in [2.05, 4.69) is 0 Å². The predicted octanol–water partition coefficient (Wildman–Crippen LogP) is 0.165. The van der Waals surface area contributed by atoms with E-state index in [9.17, 15) is 9.59 Å². The van der Waals surface area contributed by atoms with Crippen LogP contribution in [0.3, 0.4) is 0 Å². The molecule has 5 nitrogen and oxygen atoms in total. The van der Waals surface area contributed by atoms with E-state index in [0.717, 1.165) is 12.8 Å². The summed E-state index contributed by atoms with van der Waals surface area (Å²) in [6.45, 7) is 3.88. The zero-order chi connectivity index (χ0) is 13.2. The van der Waals surface area contributed by atoms with E-state index in [0.29, 0.717) is 13.0 Å². The first-order valence-corrected chi connectivity index (χ1v) is 6.09. The average molecular weight is 257 g/mol. The highest BCUT2D eigenvalue weighted by Crippen LogP contribution is 2.25. The second kappa shape index (κ2) is 5.00. The summed E-state index contributed by atoms with van der Waals surface area (Å²) in [6.07, 6.45) is 2.41. The molecule has 0 spiro atoms. The Morgan fingerprint density at radius 1 is 1.29 bits per heavy atom. The molecule has 1 atom stereocenters. The molecule has 1 saturated heterocycles. The number of hydrogen-bond acceptors (Lipinski definition) is 3. The monoisotopic (exact) mass is 257 g/mol. The summed E-state index contributed by atoms with van der Waals surface area (Å²) >= 11 is 4.90. The Hall–Kier alpha value is -1.17. The van der Waals surface area contributed by atoms with Crippen LogP contribution >= 0.6 is 12.2 Å². The van der Waals surface area contributed by atoms with Crippen molar-refractivity contribution in [1.29, 1.82) is 0 Å². The van der Waals surface area contributed by atoms with Crippen molar-refractivity contribution in [3.05, 3.63) is 0 Å². The van der Waals surface area contributed by atoms with E-state index in [1.165, 1.54) is 4.90 Å². The molecule has 1 aliphatic heterocycles. The van der Waals surface area contributed by atoms with Gasteiger partial charge in [-0.25, -0.2) is 0 Å². The fraction of sp³-hybridized carbons (Fsp3) is 0.727. The topological polar surface area (TPSA) is 89.4 Å². The van der Waals surface area contributed by atoms with Gasteiger partial charge >= 0.3 is 0 Å². The molecule has 1 fully saturated rings. The number of nitrogens with two attached hydrogens (primary N) is 2. The predicted molar refractivity (Wildman–Crippen MR) is 69.1 cm³/mol. The van der Waals surface area contributed by atoms with E-state index in [1.54, 1.807) is 13.8 Å². The van der Waals surface area contributed by atoms with E-state index in [4.69, 9.17) is 23.7 Å². The molecule has 0 aromatic heterocycles. The Balaban J connectivity index is 2.93. The molecule has 0 radical (unpaired) electrons. The molecule has 6 heteroatoms. The third kappa shape index (κ3) is 2.74. The van der Waals surface area contributed by atoms with Crippen LogP contribution in [0.2, 0.25) is 0 Å². The molecule has 0 aliphatic carbocycles. The highest BCUT2D eigenvalue weighted by atomic mass is 32.1. The summed E-state index contributed by atoms with van der Waals surface area (Å²) < 4.78 is 0. The Morgan fingerprint density at radius 3 is 2.35 bits per heavy atom. The summed E-state index contributed by atoms with van der Waals surface area (Å²) in [5.74, 6) is -0.676. The van der Waals surface area contributed by atoms with Crippen LogP contribution in [0.5, 0.6) is 0 Å². The Morgan fingerprint density at radius 2 is 1.88 bits per heavy atom. The van der Waals surface area contributed by atoms with Gasteiger partial charge in [0.05, 0.1) is 10.4 Å². The number of likely N-dealkylation sites (tertiary alicyclic amines) is 1. The Labute approximate surface area is 107 Å². The van der Waals surface area contributed by atoms with Crippen LogP contribution in [0.25, 0.3) is 0 Å².